The zero-order valence-corrected chi connectivity index (χ0v) is 14.5. The molecule has 122 valence electrons. The van der Waals surface area contributed by atoms with Crippen LogP contribution in [0.1, 0.15) is 25.3 Å². The van der Waals surface area contributed by atoms with Crippen molar-refractivity contribution in [3.8, 4) is 0 Å². The third kappa shape index (κ3) is 3.86. The summed E-state index contributed by atoms with van der Waals surface area (Å²) >= 11 is 1.53. The number of rotatable bonds is 5. The van der Waals surface area contributed by atoms with Crippen molar-refractivity contribution in [1.29, 1.82) is 0 Å². The Labute approximate surface area is 146 Å². The van der Waals surface area contributed by atoms with E-state index in [0.717, 1.165) is 15.6 Å². The molecule has 0 atom stereocenters. The van der Waals surface area contributed by atoms with Gasteiger partial charge in [0.15, 0.2) is 5.82 Å². The van der Waals surface area contributed by atoms with E-state index in [1.54, 1.807) is 0 Å². The first-order chi connectivity index (χ1) is 11.6. The van der Waals surface area contributed by atoms with E-state index >= 15 is 0 Å². The zero-order valence-electron chi connectivity index (χ0n) is 13.7. The van der Waals surface area contributed by atoms with E-state index in [9.17, 15) is 0 Å². The van der Waals surface area contributed by atoms with Gasteiger partial charge in [0.2, 0.25) is 0 Å². The molecule has 1 aromatic heterocycles. The summed E-state index contributed by atoms with van der Waals surface area (Å²) in [7, 11) is 0. The molecular formula is C19H20N4S. The van der Waals surface area contributed by atoms with Gasteiger partial charge in [0.1, 0.15) is 17.0 Å². The van der Waals surface area contributed by atoms with Crippen molar-refractivity contribution in [1.82, 2.24) is 9.97 Å². The first-order valence-electron chi connectivity index (χ1n) is 7.84. The third-order valence-corrected chi connectivity index (χ3v) is 4.67. The minimum absolute atomic E-state index is 0.511. The lowest BCUT2D eigenvalue weighted by atomic mass is 10.0. The van der Waals surface area contributed by atoms with Crippen molar-refractivity contribution in [2.75, 3.05) is 11.1 Å². The van der Waals surface area contributed by atoms with Gasteiger partial charge in [0, 0.05) is 10.6 Å². The molecule has 0 saturated heterocycles. The van der Waals surface area contributed by atoms with Crippen LogP contribution < -0.4 is 11.1 Å². The molecule has 3 aromatic rings. The van der Waals surface area contributed by atoms with Gasteiger partial charge in [0.05, 0.1) is 0 Å². The second-order valence-corrected chi connectivity index (χ2v) is 6.82. The SMILES string of the molecule is CC(C)c1ccc(Nc2ncnc(Sc3ccccc3)c2N)cc1. The van der Waals surface area contributed by atoms with Crippen LogP contribution >= 0.6 is 11.8 Å². The molecule has 0 amide bonds. The average molecular weight is 336 g/mol. The molecule has 0 radical (unpaired) electrons. The molecular weight excluding hydrogens is 316 g/mol. The maximum atomic E-state index is 6.25. The van der Waals surface area contributed by atoms with Gasteiger partial charge in [-0.15, -0.1) is 0 Å². The quantitative estimate of drug-likeness (QED) is 0.636. The summed E-state index contributed by atoms with van der Waals surface area (Å²) in [6.07, 6.45) is 1.53. The maximum absolute atomic E-state index is 6.25. The van der Waals surface area contributed by atoms with E-state index in [1.165, 1.54) is 23.7 Å². The van der Waals surface area contributed by atoms with Crippen molar-refractivity contribution >= 4 is 29.0 Å². The highest BCUT2D eigenvalue weighted by Gasteiger charge is 2.10. The van der Waals surface area contributed by atoms with Gasteiger partial charge in [0.25, 0.3) is 0 Å². The predicted molar refractivity (Wildman–Crippen MR) is 101 cm³/mol. The molecule has 4 nitrogen and oxygen atoms in total. The largest absolute Gasteiger partial charge is 0.394 e. The monoisotopic (exact) mass is 336 g/mol. The van der Waals surface area contributed by atoms with Gasteiger partial charge < -0.3 is 11.1 Å². The molecule has 3 rings (SSSR count). The third-order valence-electron chi connectivity index (χ3n) is 3.65. The Morgan fingerprint density at radius 3 is 2.33 bits per heavy atom. The van der Waals surface area contributed by atoms with E-state index < -0.39 is 0 Å². The number of nitrogen functional groups attached to an aromatic ring is 1. The summed E-state index contributed by atoms with van der Waals surface area (Å²) in [4.78, 5) is 9.67. The summed E-state index contributed by atoms with van der Waals surface area (Å²) in [5, 5.41) is 4.02. The molecule has 0 spiro atoms. The first kappa shape index (κ1) is 16.3. The van der Waals surface area contributed by atoms with Crippen molar-refractivity contribution in [3.63, 3.8) is 0 Å². The van der Waals surface area contributed by atoms with Crippen LogP contribution in [-0.2, 0) is 0 Å². The Morgan fingerprint density at radius 1 is 0.958 bits per heavy atom. The number of hydrogen-bond acceptors (Lipinski definition) is 5. The topological polar surface area (TPSA) is 63.8 Å². The van der Waals surface area contributed by atoms with Crippen molar-refractivity contribution in [2.24, 2.45) is 0 Å². The Morgan fingerprint density at radius 2 is 1.67 bits per heavy atom. The smallest absolute Gasteiger partial charge is 0.158 e. The van der Waals surface area contributed by atoms with E-state index in [-0.39, 0.29) is 0 Å². The zero-order chi connectivity index (χ0) is 16.9. The summed E-state index contributed by atoms with van der Waals surface area (Å²) in [6.45, 7) is 4.36. The van der Waals surface area contributed by atoms with Crippen molar-refractivity contribution < 1.29 is 0 Å². The van der Waals surface area contributed by atoms with Gasteiger partial charge in [-0.1, -0.05) is 55.9 Å². The summed E-state index contributed by atoms with van der Waals surface area (Å²) in [6, 6.07) is 18.4. The molecule has 0 aliphatic heterocycles. The molecule has 0 saturated carbocycles. The van der Waals surface area contributed by atoms with Crippen LogP contribution in [0.5, 0.6) is 0 Å². The molecule has 2 aromatic carbocycles. The summed E-state index contributed by atoms with van der Waals surface area (Å²) in [5.41, 5.74) is 9.06. The highest BCUT2D eigenvalue weighted by molar-refractivity contribution is 7.99. The van der Waals surface area contributed by atoms with E-state index in [2.05, 4.69) is 41.3 Å². The second-order valence-electron chi connectivity index (χ2n) is 5.76. The molecule has 0 fully saturated rings. The summed E-state index contributed by atoms with van der Waals surface area (Å²) < 4.78 is 0. The average Bonchev–Trinajstić information content (AvgIpc) is 2.60. The predicted octanol–water partition coefficient (Wildman–Crippen LogP) is 5.08. The Balaban J connectivity index is 1.80. The molecule has 0 unspecified atom stereocenters. The molecule has 0 bridgehead atoms. The van der Waals surface area contributed by atoms with E-state index in [4.69, 9.17) is 5.73 Å². The number of nitrogens with zero attached hydrogens (tertiary/aromatic N) is 2. The number of nitrogens with one attached hydrogen (secondary N) is 1. The van der Waals surface area contributed by atoms with Crippen LogP contribution in [-0.4, -0.2) is 9.97 Å². The first-order valence-corrected chi connectivity index (χ1v) is 8.65. The van der Waals surface area contributed by atoms with Crippen LogP contribution in [0.15, 0.2) is 70.8 Å². The highest BCUT2D eigenvalue weighted by atomic mass is 32.2. The Kier molecular flexibility index (Phi) is 5.01. The summed E-state index contributed by atoms with van der Waals surface area (Å²) in [5.74, 6) is 1.14. The van der Waals surface area contributed by atoms with Gasteiger partial charge in [-0.05, 0) is 35.7 Å². The maximum Gasteiger partial charge on any atom is 0.158 e. The van der Waals surface area contributed by atoms with Crippen molar-refractivity contribution in [2.45, 2.75) is 29.7 Å². The fraction of sp³-hybridized carbons (Fsp3) is 0.158. The minimum Gasteiger partial charge on any atom is -0.394 e. The minimum atomic E-state index is 0.511. The Bertz CT molecular complexity index is 801. The standard InChI is InChI=1S/C19H20N4S/c1-13(2)14-8-10-15(11-9-14)23-18-17(20)19(22-12-21-18)24-16-6-4-3-5-7-16/h3-13H,20H2,1-2H3,(H,21,22,23). The van der Waals surface area contributed by atoms with E-state index in [0.29, 0.717) is 17.4 Å². The Hall–Kier alpha value is -2.53. The number of anilines is 3. The second kappa shape index (κ2) is 7.36. The number of hydrogen-bond donors (Lipinski definition) is 2. The van der Waals surface area contributed by atoms with Crippen LogP contribution in [0.3, 0.4) is 0 Å². The van der Waals surface area contributed by atoms with Crippen LogP contribution in [0.4, 0.5) is 17.2 Å². The molecule has 24 heavy (non-hydrogen) atoms. The van der Waals surface area contributed by atoms with Gasteiger partial charge >= 0.3 is 0 Å². The molecule has 0 aliphatic rings. The highest BCUT2D eigenvalue weighted by Crippen LogP contribution is 2.33. The fourth-order valence-corrected chi connectivity index (χ4v) is 3.07. The molecule has 0 aliphatic carbocycles. The lowest BCUT2D eigenvalue weighted by Gasteiger charge is -2.12. The number of aromatic nitrogens is 2. The van der Waals surface area contributed by atoms with Gasteiger partial charge in [-0.2, -0.15) is 0 Å². The lowest BCUT2D eigenvalue weighted by Crippen LogP contribution is -2.02. The molecule has 3 N–H and O–H groups in total. The van der Waals surface area contributed by atoms with Gasteiger partial charge in [-0.25, -0.2) is 9.97 Å². The molecule has 5 heteroatoms. The number of benzene rings is 2. The van der Waals surface area contributed by atoms with Crippen LogP contribution in [0, 0.1) is 0 Å². The fourth-order valence-electron chi connectivity index (χ4n) is 2.25. The number of nitrogens with two attached hydrogens (primary N) is 1. The van der Waals surface area contributed by atoms with Crippen LogP contribution in [0.2, 0.25) is 0 Å². The van der Waals surface area contributed by atoms with Crippen LogP contribution in [0.25, 0.3) is 0 Å². The van der Waals surface area contributed by atoms with Crippen molar-refractivity contribution in [3.05, 3.63) is 66.5 Å². The molecule has 1 heterocycles. The van der Waals surface area contributed by atoms with Gasteiger partial charge in [-0.3, -0.25) is 0 Å². The lowest BCUT2D eigenvalue weighted by molar-refractivity contribution is 0.867. The normalized spacial score (nSPS) is 10.8. The van der Waals surface area contributed by atoms with E-state index in [1.807, 2.05) is 42.5 Å².